The maximum atomic E-state index is 5.42. The minimum Gasteiger partial charge on any atom is -0.381 e. The smallest absolute Gasteiger partial charge is 0.0506 e. The van der Waals surface area contributed by atoms with Gasteiger partial charge in [-0.05, 0) is 30.9 Å². The molecule has 78 valence electrons. The maximum Gasteiger partial charge on any atom is 0.0506 e. The van der Waals surface area contributed by atoms with Crippen LogP contribution in [0.25, 0.3) is 0 Å². The number of aromatic nitrogens is 1. The van der Waals surface area contributed by atoms with Crippen molar-refractivity contribution >= 4 is 0 Å². The maximum absolute atomic E-state index is 5.42. The normalized spacial score (nSPS) is 22.4. The monoisotopic (exact) mass is 194 g/mol. The van der Waals surface area contributed by atoms with E-state index in [1.807, 2.05) is 12.3 Å². The number of ether oxygens (including phenoxy) is 1. The molecule has 0 aliphatic carbocycles. The van der Waals surface area contributed by atoms with Crippen LogP contribution in [0, 0.1) is 5.92 Å². The van der Waals surface area contributed by atoms with E-state index in [4.69, 9.17) is 4.74 Å². The fraction of sp³-hybridized carbons (Fsp3) is 0.636. The second kappa shape index (κ2) is 5.17. The van der Waals surface area contributed by atoms with Gasteiger partial charge < -0.3 is 15.0 Å². The standard InChI is InChI=1S/C11H18N2O/c1-4-11(13-5-1)8-12-7-10-3-2-6-14-9-10/h1,4-5,10,12-13H,2-3,6-9H2. The third-order valence-corrected chi connectivity index (χ3v) is 2.67. The molecule has 0 spiro atoms. The fourth-order valence-electron chi connectivity index (χ4n) is 1.86. The zero-order chi connectivity index (χ0) is 9.64. The van der Waals surface area contributed by atoms with Crippen molar-refractivity contribution in [3.05, 3.63) is 24.0 Å². The van der Waals surface area contributed by atoms with Gasteiger partial charge in [-0.3, -0.25) is 0 Å². The number of hydrogen-bond acceptors (Lipinski definition) is 2. The summed E-state index contributed by atoms with van der Waals surface area (Å²) >= 11 is 0. The van der Waals surface area contributed by atoms with Gasteiger partial charge in [0, 0.05) is 31.6 Å². The van der Waals surface area contributed by atoms with Gasteiger partial charge in [-0.1, -0.05) is 0 Å². The molecule has 14 heavy (non-hydrogen) atoms. The minimum atomic E-state index is 0.707. The second-order valence-electron chi connectivity index (χ2n) is 3.91. The van der Waals surface area contributed by atoms with Crippen LogP contribution in [-0.2, 0) is 11.3 Å². The molecular weight excluding hydrogens is 176 g/mol. The Morgan fingerprint density at radius 2 is 2.57 bits per heavy atom. The first-order chi connectivity index (χ1) is 6.95. The van der Waals surface area contributed by atoms with Gasteiger partial charge in [-0.25, -0.2) is 0 Å². The van der Waals surface area contributed by atoms with E-state index in [9.17, 15) is 0 Å². The molecular formula is C11H18N2O. The van der Waals surface area contributed by atoms with E-state index in [0.717, 1.165) is 26.3 Å². The van der Waals surface area contributed by atoms with E-state index in [2.05, 4.69) is 16.4 Å². The first kappa shape index (κ1) is 9.74. The number of aromatic amines is 1. The highest BCUT2D eigenvalue weighted by atomic mass is 16.5. The summed E-state index contributed by atoms with van der Waals surface area (Å²) in [4.78, 5) is 3.18. The Balaban J connectivity index is 1.62. The molecule has 1 unspecified atom stereocenters. The van der Waals surface area contributed by atoms with Crippen molar-refractivity contribution in [1.82, 2.24) is 10.3 Å². The number of rotatable bonds is 4. The molecule has 0 aromatic carbocycles. The third kappa shape index (κ3) is 2.86. The largest absolute Gasteiger partial charge is 0.381 e. The summed E-state index contributed by atoms with van der Waals surface area (Å²) in [6, 6.07) is 4.13. The first-order valence-corrected chi connectivity index (χ1v) is 5.36. The van der Waals surface area contributed by atoms with Gasteiger partial charge in [-0.2, -0.15) is 0 Å². The molecule has 3 heteroatoms. The predicted octanol–water partition coefficient (Wildman–Crippen LogP) is 1.53. The van der Waals surface area contributed by atoms with Crippen molar-refractivity contribution in [3.63, 3.8) is 0 Å². The van der Waals surface area contributed by atoms with Crippen molar-refractivity contribution in [3.8, 4) is 0 Å². The Kier molecular flexibility index (Phi) is 3.60. The summed E-state index contributed by atoms with van der Waals surface area (Å²) in [7, 11) is 0. The number of nitrogens with one attached hydrogen (secondary N) is 2. The topological polar surface area (TPSA) is 37.0 Å². The Bertz CT molecular complexity index is 240. The predicted molar refractivity (Wildman–Crippen MR) is 56.0 cm³/mol. The van der Waals surface area contributed by atoms with E-state index in [0.29, 0.717) is 5.92 Å². The molecule has 2 heterocycles. The van der Waals surface area contributed by atoms with Crippen LogP contribution in [-0.4, -0.2) is 24.7 Å². The molecule has 0 radical (unpaired) electrons. The summed E-state index contributed by atoms with van der Waals surface area (Å²) < 4.78 is 5.42. The van der Waals surface area contributed by atoms with Gasteiger partial charge in [0.15, 0.2) is 0 Å². The minimum absolute atomic E-state index is 0.707. The second-order valence-corrected chi connectivity index (χ2v) is 3.91. The molecule has 1 aliphatic rings. The van der Waals surface area contributed by atoms with Crippen LogP contribution >= 0.6 is 0 Å². The summed E-state index contributed by atoms with van der Waals surface area (Å²) in [5.74, 6) is 0.707. The molecule has 1 atom stereocenters. The molecule has 2 N–H and O–H groups in total. The van der Waals surface area contributed by atoms with E-state index in [1.165, 1.54) is 18.5 Å². The zero-order valence-electron chi connectivity index (χ0n) is 8.46. The van der Waals surface area contributed by atoms with Gasteiger partial charge in [0.2, 0.25) is 0 Å². The van der Waals surface area contributed by atoms with Crippen molar-refractivity contribution < 1.29 is 4.74 Å². The van der Waals surface area contributed by atoms with Crippen LogP contribution in [0.3, 0.4) is 0 Å². The lowest BCUT2D eigenvalue weighted by Gasteiger charge is -2.22. The molecule has 0 amide bonds. The van der Waals surface area contributed by atoms with Crippen LogP contribution < -0.4 is 5.32 Å². The lowest BCUT2D eigenvalue weighted by molar-refractivity contribution is 0.0547. The highest BCUT2D eigenvalue weighted by Crippen LogP contribution is 2.12. The van der Waals surface area contributed by atoms with Crippen molar-refractivity contribution in [1.29, 1.82) is 0 Å². The fourth-order valence-corrected chi connectivity index (χ4v) is 1.86. The molecule has 0 bridgehead atoms. The lowest BCUT2D eigenvalue weighted by atomic mass is 10.0. The third-order valence-electron chi connectivity index (χ3n) is 2.67. The van der Waals surface area contributed by atoms with Crippen molar-refractivity contribution in [2.45, 2.75) is 19.4 Å². The average molecular weight is 194 g/mol. The van der Waals surface area contributed by atoms with Crippen LogP contribution in [0.1, 0.15) is 18.5 Å². The molecule has 1 aliphatic heterocycles. The molecule has 3 nitrogen and oxygen atoms in total. The Labute approximate surface area is 84.9 Å². The van der Waals surface area contributed by atoms with E-state index < -0.39 is 0 Å². The van der Waals surface area contributed by atoms with Gasteiger partial charge in [0.25, 0.3) is 0 Å². The molecule has 2 rings (SSSR count). The molecule has 1 aromatic rings. The molecule has 1 aromatic heterocycles. The van der Waals surface area contributed by atoms with Gasteiger partial charge in [-0.15, -0.1) is 0 Å². The van der Waals surface area contributed by atoms with Crippen LogP contribution in [0.15, 0.2) is 18.3 Å². The van der Waals surface area contributed by atoms with Crippen molar-refractivity contribution in [2.24, 2.45) is 5.92 Å². The zero-order valence-corrected chi connectivity index (χ0v) is 8.46. The average Bonchev–Trinajstić information content (AvgIpc) is 2.72. The SMILES string of the molecule is c1c[nH]c(CNCC2CCCOC2)c1. The molecule has 0 saturated carbocycles. The summed E-state index contributed by atoms with van der Waals surface area (Å²) in [6.07, 6.45) is 4.48. The van der Waals surface area contributed by atoms with E-state index >= 15 is 0 Å². The Morgan fingerprint density at radius 1 is 1.57 bits per heavy atom. The highest BCUT2D eigenvalue weighted by Gasteiger charge is 2.12. The lowest BCUT2D eigenvalue weighted by Crippen LogP contribution is -2.28. The van der Waals surface area contributed by atoms with Crippen LogP contribution in [0.4, 0.5) is 0 Å². The molecule has 1 saturated heterocycles. The Morgan fingerprint density at radius 3 is 3.29 bits per heavy atom. The summed E-state index contributed by atoms with van der Waals surface area (Å²) in [6.45, 7) is 3.88. The van der Waals surface area contributed by atoms with Gasteiger partial charge >= 0.3 is 0 Å². The number of H-pyrrole nitrogens is 1. The van der Waals surface area contributed by atoms with Crippen LogP contribution in [0.5, 0.6) is 0 Å². The summed E-state index contributed by atoms with van der Waals surface area (Å²) in [5.41, 5.74) is 1.25. The van der Waals surface area contributed by atoms with E-state index in [1.54, 1.807) is 0 Å². The van der Waals surface area contributed by atoms with Crippen molar-refractivity contribution in [2.75, 3.05) is 19.8 Å². The Hall–Kier alpha value is -0.800. The first-order valence-electron chi connectivity index (χ1n) is 5.36. The highest BCUT2D eigenvalue weighted by molar-refractivity contribution is 5.02. The van der Waals surface area contributed by atoms with E-state index in [-0.39, 0.29) is 0 Å². The number of hydrogen-bond donors (Lipinski definition) is 2. The van der Waals surface area contributed by atoms with Crippen LogP contribution in [0.2, 0.25) is 0 Å². The van der Waals surface area contributed by atoms with Gasteiger partial charge in [0.1, 0.15) is 0 Å². The quantitative estimate of drug-likeness (QED) is 0.762. The molecule has 1 fully saturated rings. The summed E-state index contributed by atoms with van der Waals surface area (Å²) in [5, 5.41) is 3.45. The van der Waals surface area contributed by atoms with Gasteiger partial charge in [0.05, 0.1) is 6.61 Å².